The number of benzene rings is 2. The molecule has 2 aromatic carbocycles. The summed E-state index contributed by atoms with van der Waals surface area (Å²) in [4.78, 5) is 13.7. The molecule has 0 saturated heterocycles. The third-order valence-corrected chi connectivity index (χ3v) is 5.64. The lowest BCUT2D eigenvalue weighted by Crippen LogP contribution is -2.21. The minimum Gasteiger partial charge on any atom is -0.345 e. The molecule has 0 radical (unpaired) electrons. The summed E-state index contributed by atoms with van der Waals surface area (Å²) >= 11 is 1.49. The molecule has 3 aromatic rings. The molecule has 0 atom stereocenters. The van der Waals surface area contributed by atoms with Crippen molar-refractivity contribution in [1.82, 2.24) is 19.8 Å². The van der Waals surface area contributed by atoms with E-state index in [-0.39, 0.29) is 11.3 Å². The zero-order valence-corrected chi connectivity index (χ0v) is 18.3. The molecule has 0 aliphatic heterocycles. The van der Waals surface area contributed by atoms with Crippen LogP contribution in [0.5, 0.6) is 0 Å². The lowest BCUT2D eigenvalue weighted by molar-refractivity contribution is 0.0827. The quantitative estimate of drug-likeness (QED) is 0.510. The Bertz CT molecular complexity index is 1000. The Kier molecular flexibility index (Phi) is 5.98. The summed E-state index contributed by atoms with van der Waals surface area (Å²) in [7, 11) is 3.49. The van der Waals surface area contributed by atoms with E-state index in [2.05, 4.69) is 43.1 Å². The summed E-state index contributed by atoms with van der Waals surface area (Å²) in [5, 5.41) is 9.13. The van der Waals surface area contributed by atoms with Crippen molar-refractivity contribution in [2.24, 2.45) is 0 Å². The van der Waals surface area contributed by atoms with Crippen molar-refractivity contribution in [3.05, 3.63) is 65.2 Å². The smallest absolute Gasteiger partial charge is 0.253 e. The zero-order valence-electron chi connectivity index (χ0n) is 17.5. The number of hydrogen-bond acceptors (Lipinski definition) is 5. The van der Waals surface area contributed by atoms with Crippen molar-refractivity contribution in [2.45, 2.75) is 37.1 Å². The van der Waals surface area contributed by atoms with Gasteiger partial charge < -0.3 is 10.7 Å². The van der Waals surface area contributed by atoms with Crippen molar-refractivity contribution < 1.29 is 4.79 Å². The van der Waals surface area contributed by atoms with Crippen molar-refractivity contribution in [3.8, 4) is 11.4 Å². The second-order valence-corrected chi connectivity index (χ2v) is 9.13. The topological polar surface area (TPSA) is 77.0 Å². The van der Waals surface area contributed by atoms with Crippen LogP contribution >= 0.6 is 11.8 Å². The molecule has 1 heterocycles. The van der Waals surface area contributed by atoms with Crippen molar-refractivity contribution in [1.29, 1.82) is 0 Å². The maximum absolute atomic E-state index is 12.1. The molecular weight excluding hydrogens is 382 g/mol. The number of nitrogens with zero attached hydrogens (tertiary/aromatic N) is 4. The number of carbonyl (C=O) groups is 1. The van der Waals surface area contributed by atoms with Crippen LogP contribution in [-0.2, 0) is 11.2 Å². The van der Waals surface area contributed by atoms with Crippen LogP contribution in [0.4, 0.5) is 0 Å². The Morgan fingerprint density at radius 3 is 2.41 bits per heavy atom. The summed E-state index contributed by atoms with van der Waals surface area (Å²) in [5.74, 6) is 7.51. The van der Waals surface area contributed by atoms with Crippen molar-refractivity contribution >= 4 is 17.7 Å². The maximum atomic E-state index is 12.1. The van der Waals surface area contributed by atoms with E-state index in [0.717, 1.165) is 11.1 Å². The first-order chi connectivity index (χ1) is 13.7. The first kappa shape index (κ1) is 20.9. The predicted octanol–water partition coefficient (Wildman–Crippen LogP) is 3.95. The van der Waals surface area contributed by atoms with Crippen LogP contribution in [0.2, 0.25) is 0 Å². The van der Waals surface area contributed by atoms with Crippen LogP contribution in [0.25, 0.3) is 11.4 Å². The number of rotatable bonds is 5. The first-order valence-electron chi connectivity index (χ1n) is 9.41. The Balaban J connectivity index is 1.74. The van der Waals surface area contributed by atoms with Gasteiger partial charge in [0.2, 0.25) is 5.16 Å². The Morgan fingerprint density at radius 2 is 1.79 bits per heavy atom. The average molecular weight is 410 g/mol. The van der Waals surface area contributed by atoms with Crippen LogP contribution in [0, 0.1) is 0 Å². The molecule has 0 aliphatic carbocycles. The van der Waals surface area contributed by atoms with Crippen LogP contribution in [0.15, 0.2) is 53.7 Å². The van der Waals surface area contributed by atoms with Gasteiger partial charge in [-0.3, -0.25) is 4.79 Å². The van der Waals surface area contributed by atoms with Gasteiger partial charge in [0, 0.05) is 31.0 Å². The van der Waals surface area contributed by atoms with Gasteiger partial charge >= 0.3 is 0 Å². The molecule has 0 spiro atoms. The van der Waals surface area contributed by atoms with E-state index in [1.54, 1.807) is 19.0 Å². The standard InChI is InChI=1S/C22H27N5OS/c1-22(2,3)18-11-9-16(10-12-18)19-24-25-21(27(19)23)29-14-15-7-6-8-17(13-15)20(28)26(4)5/h6-13H,14,23H2,1-5H3. The van der Waals surface area contributed by atoms with Crippen LogP contribution in [-0.4, -0.2) is 39.8 Å². The van der Waals surface area contributed by atoms with Gasteiger partial charge in [0.1, 0.15) is 0 Å². The molecule has 1 aromatic heterocycles. The van der Waals surface area contributed by atoms with Crippen molar-refractivity contribution in [3.63, 3.8) is 0 Å². The molecule has 0 fully saturated rings. The fraction of sp³-hybridized carbons (Fsp3) is 0.318. The fourth-order valence-corrected chi connectivity index (χ4v) is 3.69. The van der Waals surface area contributed by atoms with Gasteiger partial charge in [-0.1, -0.05) is 68.9 Å². The molecule has 0 aliphatic rings. The minimum absolute atomic E-state index is 0.0140. The van der Waals surface area contributed by atoms with E-state index < -0.39 is 0 Å². The van der Waals surface area contributed by atoms with Crippen LogP contribution < -0.4 is 5.84 Å². The fourth-order valence-electron chi connectivity index (χ4n) is 2.89. The summed E-state index contributed by atoms with van der Waals surface area (Å²) in [6, 6.07) is 15.9. The molecule has 0 bridgehead atoms. The molecule has 3 rings (SSSR count). The van der Waals surface area contributed by atoms with Gasteiger partial charge in [-0.25, -0.2) is 4.68 Å². The summed E-state index contributed by atoms with van der Waals surface area (Å²) in [5.41, 5.74) is 3.98. The number of nitrogens with two attached hydrogens (primary N) is 1. The minimum atomic E-state index is -0.0140. The summed E-state index contributed by atoms with van der Waals surface area (Å²) in [6.45, 7) is 6.55. The molecule has 0 unspecified atom stereocenters. The molecule has 2 N–H and O–H groups in total. The highest BCUT2D eigenvalue weighted by Gasteiger charge is 2.16. The molecule has 152 valence electrons. The highest BCUT2D eigenvalue weighted by molar-refractivity contribution is 7.98. The Labute approximate surface area is 176 Å². The van der Waals surface area contributed by atoms with Gasteiger partial charge in [-0.2, -0.15) is 0 Å². The highest BCUT2D eigenvalue weighted by Crippen LogP contribution is 2.27. The normalized spacial score (nSPS) is 11.5. The highest BCUT2D eigenvalue weighted by atomic mass is 32.2. The number of hydrogen-bond donors (Lipinski definition) is 1. The molecule has 6 nitrogen and oxygen atoms in total. The van der Waals surface area contributed by atoms with Gasteiger partial charge in [0.15, 0.2) is 5.82 Å². The Morgan fingerprint density at radius 1 is 1.10 bits per heavy atom. The third-order valence-electron chi connectivity index (χ3n) is 4.62. The predicted molar refractivity (Wildman–Crippen MR) is 118 cm³/mol. The van der Waals surface area contributed by atoms with Crippen LogP contribution in [0.3, 0.4) is 0 Å². The SMILES string of the molecule is CN(C)C(=O)c1cccc(CSc2nnc(-c3ccc(C(C)(C)C)cc3)n2N)c1. The molecule has 29 heavy (non-hydrogen) atoms. The van der Waals surface area contributed by atoms with E-state index in [1.165, 1.54) is 22.0 Å². The van der Waals surface area contributed by atoms with E-state index >= 15 is 0 Å². The number of aromatic nitrogens is 3. The number of carbonyl (C=O) groups excluding carboxylic acids is 1. The number of thioether (sulfide) groups is 1. The maximum Gasteiger partial charge on any atom is 0.253 e. The summed E-state index contributed by atoms with van der Waals surface area (Å²) in [6.07, 6.45) is 0. The lowest BCUT2D eigenvalue weighted by atomic mass is 9.87. The molecule has 7 heteroatoms. The van der Waals surface area contributed by atoms with Gasteiger partial charge in [0.25, 0.3) is 5.91 Å². The van der Waals surface area contributed by atoms with Gasteiger partial charge in [-0.05, 0) is 28.7 Å². The van der Waals surface area contributed by atoms with E-state index in [0.29, 0.717) is 22.3 Å². The largest absolute Gasteiger partial charge is 0.345 e. The van der Waals surface area contributed by atoms with E-state index in [4.69, 9.17) is 5.84 Å². The van der Waals surface area contributed by atoms with Crippen LogP contribution in [0.1, 0.15) is 42.3 Å². The summed E-state index contributed by atoms with van der Waals surface area (Å²) < 4.78 is 1.52. The number of nitrogen functional groups attached to an aromatic ring is 1. The second kappa shape index (κ2) is 8.29. The molecule has 1 amide bonds. The van der Waals surface area contributed by atoms with Gasteiger partial charge in [0.05, 0.1) is 0 Å². The lowest BCUT2D eigenvalue weighted by Gasteiger charge is -2.19. The van der Waals surface area contributed by atoms with E-state index in [1.807, 2.05) is 36.4 Å². The van der Waals surface area contributed by atoms with Crippen molar-refractivity contribution in [2.75, 3.05) is 19.9 Å². The zero-order chi connectivity index (χ0) is 21.2. The van der Waals surface area contributed by atoms with E-state index in [9.17, 15) is 4.79 Å². The third kappa shape index (κ3) is 4.79. The molecule has 0 saturated carbocycles. The van der Waals surface area contributed by atoms with Gasteiger partial charge in [-0.15, -0.1) is 10.2 Å². The second-order valence-electron chi connectivity index (χ2n) is 8.19. The Hall–Kier alpha value is -2.80. The average Bonchev–Trinajstić information content (AvgIpc) is 3.05. The number of amides is 1. The monoisotopic (exact) mass is 409 g/mol. The molecular formula is C22H27N5OS. The first-order valence-corrected chi connectivity index (χ1v) is 10.4.